The molecule has 1 aliphatic carbocycles. The third-order valence-corrected chi connectivity index (χ3v) is 6.51. The van der Waals surface area contributed by atoms with Gasteiger partial charge in [-0.1, -0.05) is 17.7 Å². The molecule has 0 bridgehead atoms. The van der Waals surface area contributed by atoms with Crippen LogP contribution in [-0.4, -0.2) is 33.4 Å². The zero-order valence-electron chi connectivity index (χ0n) is 18.8. The Morgan fingerprint density at radius 3 is 2.26 bits per heavy atom. The van der Waals surface area contributed by atoms with E-state index in [1.165, 1.54) is 10.6 Å². The molecule has 1 aliphatic rings. The van der Waals surface area contributed by atoms with Gasteiger partial charge in [0.2, 0.25) is 0 Å². The first kappa shape index (κ1) is 22.8. The molecule has 1 fully saturated rings. The highest BCUT2D eigenvalue weighted by atomic mass is 35.5. The molecule has 35 heavy (non-hydrogen) atoms. The molecule has 0 radical (unpaired) electrons. The quantitative estimate of drug-likeness (QED) is 0.415. The van der Waals surface area contributed by atoms with Gasteiger partial charge < -0.3 is 10.6 Å². The lowest BCUT2D eigenvalue weighted by Gasteiger charge is -2.22. The minimum Gasteiger partial charge on any atom is -0.347 e. The van der Waals surface area contributed by atoms with Gasteiger partial charge in [-0.05, 0) is 79.9 Å². The van der Waals surface area contributed by atoms with Gasteiger partial charge in [0.1, 0.15) is 5.15 Å². The zero-order chi connectivity index (χ0) is 24.4. The second kappa shape index (κ2) is 9.72. The summed E-state index contributed by atoms with van der Waals surface area (Å²) in [7, 11) is 0. The van der Waals surface area contributed by atoms with E-state index in [4.69, 9.17) is 11.6 Å². The van der Waals surface area contributed by atoms with E-state index in [9.17, 15) is 14.4 Å². The Kier molecular flexibility index (Phi) is 6.33. The Hall–Kier alpha value is -3.97. The van der Waals surface area contributed by atoms with Crippen molar-refractivity contribution in [2.45, 2.75) is 31.3 Å². The van der Waals surface area contributed by atoms with Crippen LogP contribution < -0.4 is 16.2 Å². The molecule has 2 aromatic carbocycles. The zero-order valence-corrected chi connectivity index (χ0v) is 19.5. The fraction of sp³-hybridized carbons (Fsp3) is 0.185. The number of nitrogens with one attached hydrogen (secondary N) is 2. The Morgan fingerprint density at radius 2 is 1.54 bits per heavy atom. The van der Waals surface area contributed by atoms with Crippen LogP contribution in [0.25, 0.3) is 16.6 Å². The normalized spacial score (nSPS) is 17.3. The van der Waals surface area contributed by atoms with E-state index in [0.29, 0.717) is 22.0 Å². The Balaban J connectivity index is 1.25. The van der Waals surface area contributed by atoms with Crippen molar-refractivity contribution in [2.24, 2.45) is 0 Å². The molecule has 7 nitrogen and oxygen atoms in total. The number of fused-ring (bicyclic) bond motifs is 1. The van der Waals surface area contributed by atoms with E-state index >= 15 is 0 Å². The van der Waals surface area contributed by atoms with Gasteiger partial charge in [0.15, 0.2) is 0 Å². The molecule has 0 saturated heterocycles. The molecule has 2 amide bonds. The van der Waals surface area contributed by atoms with Crippen LogP contribution in [-0.2, 0) is 0 Å². The van der Waals surface area contributed by atoms with Crippen molar-refractivity contribution in [1.82, 2.24) is 20.2 Å². The predicted octanol–water partition coefficient (Wildman–Crippen LogP) is 4.12. The Bertz CT molecular complexity index is 1470. The third kappa shape index (κ3) is 4.95. The number of nitrogens with zero attached hydrogens (tertiary/aromatic N) is 2. The number of benzene rings is 2. The van der Waals surface area contributed by atoms with Crippen LogP contribution in [0.5, 0.6) is 0 Å². The van der Waals surface area contributed by atoms with E-state index in [-0.39, 0.29) is 29.5 Å². The van der Waals surface area contributed by atoms with Gasteiger partial charge in [-0.25, -0.2) is 4.98 Å². The van der Waals surface area contributed by atoms with Crippen molar-refractivity contribution in [3.8, 4) is 5.69 Å². The topological polar surface area (TPSA) is 93.1 Å². The van der Waals surface area contributed by atoms with E-state index in [1.807, 2.05) is 6.07 Å². The number of hydrogen-bond donors (Lipinski definition) is 2. The first-order valence-electron chi connectivity index (χ1n) is 11.4. The minimum atomic E-state index is -0.211. The molecule has 0 spiro atoms. The molecular weight excluding hydrogens is 464 g/mol. The molecule has 8 heteroatoms. The van der Waals surface area contributed by atoms with E-state index < -0.39 is 0 Å². The summed E-state index contributed by atoms with van der Waals surface area (Å²) in [6, 6.07) is 20.3. The first-order valence-corrected chi connectivity index (χ1v) is 11.8. The van der Waals surface area contributed by atoms with E-state index in [0.717, 1.165) is 30.2 Å². The molecule has 1 saturated carbocycles. The summed E-state index contributed by atoms with van der Waals surface area (Å²) in [5, 5.41) is 7.38. The molecular formula is C27H23ClN4O3. The van der Waals surface area contributed by atoms with Gasteiger partial charge in [0, 0.05) is 46.5 Å². The van der Waals surface area contributed by atoms with Crippen LogP contribution in [0.15, 0.2) is 83.8 Å². The van der Waals surface area contributed by atoms with E-state index in [1.54, 1.807) is 66.9 Å². The monoisotopic (exact) mass is 486 g/mol. The molecule has 5 rings (SSSR count). The smallest absolute Gasteiger partial charge is 0.255 e. The molecule has 2 aromatic heterocycles. The SMILES string of the molecule is O=C(NC1CCCC1NC(=O)c1ccc2nc(Cl)ccc2c1)c1ccc(-n2ccccc2=O)cc1. The standard InChI is InChI=1S/C27H23ClN4O3/c28-24-14-10-18-16-19(9-13-21(18)29-24)27(35)31-23-5-3-4-22(23)30-26(34)17-7-11-20(12-8-17)32-15-2-1-6-25(32)33/h1-2,6-16,22-23H,3-5H2,(H,30,34)(H,31,35). The summed E-state index contributed by atoms with van der Waals surface area (Å²) >= 11 is 5.94. The van der Waals surface area contributed by atoms with Crippen LogP contribution in [0.3, 0.4) is 0 Å². The van der Waals surface area contributed by atoms with Crippen molar-refractivity contribution in [1.29, 1.82) is 0 Å². The van der Waals surface area contributed by atoms with Gasteiger partial charge in [-0.3, -0.25) is 19.0 Å². The lowest BCUT2D eigenvalue weighted by Crippen LogP contribution is -2.48. The number of rotatable bonds is 5. The molecule has 176 valence electrons. The number of amides is 2. The van der Waals surface area contributed by atoms with Crippen molar-refractivity contribution < 1.29 is 9.59 Å². The summed E-state index contributed by atoms with van der Waals surface area (Å²) in [6.07, 6.45) is 4.17. The van der Waals surface area contributed by atoms with E-state index in [2.05, 4.69) is 15.6 Å². The maximum Gasteiger partial charge on any atom is 0.255 e. The van der Waals surface area contributed by atoms with Gasteiger partial charge in [-0.2, -0.15) is 0 Å². The number of pyridine rings is 2. The number of carbonyl (C=O) groups excluding carboxylic acids is 2. The fourth-order valence-electron chi connectivity index (χ4n) is 4.47. The molecule has 2 heterocycles. The molecule has 2 atom stereocenters. The summed E-state index contributed by atoms with van der Waals surface area (Å²) < 4.78 is 1.52. The number of halogens is 1. The first-order chi connectivity index (χ1) is 17.0. The van der Waals surface area contributed by atoms with Crippen LogP contribution in [0.1, 0.15) is 40.0 Å². The highest BCUT2D eigenvalue weighted by Crippen LogP contribution is 2.22. The molecule has 2 N–H and O–H groups in total. The number of aromatic nitrogens is 2. The van der Waals surface area contributed by atoms with Crippen molar-refractivity contribution in [3.05, 3.63) is 106 Å². The Labute approximate surface area is 206 Å². The largest absolute Gasteiger partial charge is 0.347 e. The summed E-state index contributed by atoms with van der Waals surface area (Å²) in [6.45, 7) is 0. The van der Waals surface area contributed by atoms with Gasteiger partial charge in [0.25, 0.3) is 17.4 Å². The van der Waals surface area contributed by atoms with Gasteiger partial charge >= 0.3 is 0 Å². The van der Waals surface area contributed by atoms with Crippen LogP contribution in [0.4, 0.5) is 0 Å². The third-order valence-electron chi connectivity index (χ3n) is 6.30. The summed E-state index contributed by atoms with van der Waals surface area (Å²) in [5.41, 5.74) is 2.30. The van der Waals surface area contributed by atoms with Gasteiger partial charge in [-0.15, -0.1) is 0 Å². The summed E-state index contributed by atoms with van der Waals surface area (Å²) in [5.74, 6) is -0.401. The molecule has 4 aromatic rings. The molecule has 0 aliphatic heterocycles. The average molecular weight is 487 g/mol. The van der Waals surface area contributed by atoms with Crippen molar-refractivity contribution in [2.75, 3.05) is 0 Å². The van der Waals surface area contributed by atoms with Crippen LogP contribution >= 0.6 is 11.6 Å². The number of carbonyl (C=O) groups is 2. The second-order valence-electron chi connectivity index (χ2n) is 8.59. The van der Waals surface area contributed by atoms with Gasteiger partial charge in [0.05, 0.1) is 5.52 Å². The van der Waals surface area contributed by atoms with Crippen molar-refractivity contribution >= 4 is 34.3 Å². The minimum absolute atomic E-state index is 0.138. The predicted molar refractivity (Wildman–Crippen MR) is 135 cm³/mol. The average Bonchev–Trinajstić information content (AvgIpc) is 3.30. The lowest BCUT2D eigenvalue weighted by atomic mass is 10.1. The van der Waals surface area contributed by atoms with Crippen LogP contribution in [0.2, 0.25) is 5.15 Å². The number of hydrogen-bond acceptors (Lipinski definition) is 4. The highest BCUT2D eigenvalue weighted by Gasteiger charge is 2.30. The van der Waals surface area contributed by atoms with Crippen molar-refractivity contribution in [3.63, 3.8) is 0 Å². The Morgan fingerprint density at radius 1 is 0.857 bits per heavy atom. The maximum atomic E-state index is 12.9. The fourth-order valence-corrected chi connectivity index (χ4v) is 4.62. The second-order valence-corrected chi connectivity index (χ2v) is 8.98. The lowest BCUT2D eigenvalue weighted by molar-refractivity contribution is 0.0892. The molecule has 2 unspecified atom stereocenters. The van der Waals surface area contributed by atoms with Crippen LogP contribution in [0, 0.1) is 0 Å². The summed E-state index contributed by atoms with van der Waals surface area (Å²) in [4.78, 5) is 42.1. The highest BCUT2D eigenvalue weighted by molar-refractivity contribution is 6.29. The maximum absolute atomic E-state index is 12.9.